The third-order valence-corrected chi connectivity index (χ3v) is 6.25. The number of rotatable bonds is 3. The topological polar surface area (TPSA) is 45.1 Å². The zero-order chi connectivity index (χ0) is 21.1. The minimum Gasteiger partial charge on any atom is -0.493 e. The van der Waals surface area contributed by atoms with Crippen molar-refractivity contribution in [3.8, 4) is 34.1 Å². The summed E-state index contributed by atoms with van der Waals surface area (Å²) in [5, 5.41) is 2.24. The van der Waals surface area contributed by atoms with E-state index in [4.69, 9.17) is 18.9 Å². The number of hydrogen-bond donors (Lipinski definition) is 0. The first-order valence-corrected chi connectivity index (χ1v) is 10.2. The quantitative estimate of drug-likeness (QED) is 0.469. The van der Waals surface area contributed by atoms with Gasteiger partial charge < -0.3 is 28.4 Å². The van der Waals surface area contributed by atoms with Crippen molar-refractivity contribution in [2.24, 2.45) is 0 Å². The molecule has 0 radical (unpaired) electrons. The normalized spacial score (nSPS) is 16.2. The first-order valence-electron chi connectivity index (χ1n) is 10.2. The van der Waals surface area contributed by atoms with Crippen LogP contribution in [0.15, 0.2) is 60.9 Å². The average molecular weight is 414 g/mol. The summed E-state index contributed by atoms with van der Waals surface area (Å²) >= 11 is 0. The minimum absolute atomic E-state index is 0.0985. The van der Waals surface area contributed by atoms with Crippen LogP contribution in [-0.4, -0.2) is 32.6 Å². The number of aromatic nitrogens is 1. The van der Waals surface area contributed by atoms with E-state index in [1.807, 2.05) is 18.2 Å². The van der Waals surface area contributed by atoms with Gasteiger partial charge in [0.2, 0.25) is 6.79 Å². The van der Waals surface area contributed by atoms with Crippen molar-refractivity contribution >= 4 is 16.5 Å². The summed E-state index contributed by atoms with van der Waals surface area (Å²) in [7, 11) is 5.49. The van der Waals surface area contributed by atoms with Gasteiger partial charge in [-0.25, -0.2) is 0 Å². The molecule has 0 bridgehead atoms. The number of fused-ring (bicyclic) bond motifs is 6. The Balaban J connectivity index is 1.71. The van der Waals surface area contributed by atoms with E-state index in [2.05, 4.69) is 59.2 Å². The van der Waals surface area contributed by atoms with Gasteiger partial charge in [-0.05, 0) is 47.3 Å². The third-order valence-electron chi connectivity index (χ3n) is 6.25. The molecule has 0 saturated carbocycles. The van der Waals surface area contributed by atoms with E-state index in [0.29, 0.717) is 0 Å². The van der Waals surface area contributed by atoms with Crippen LogP contribution in [0, 0.1) is 0 Å². The summed E-state index contributed by atoms with van der Waals surface area (Å²) in [6.45, 7) is 0.259. The predicted molar refractivity (Wildman–Crippen MR) is 120 cm³/mol. The maximum absolute atomic E-state index is 5.87. The van der Waals surface area contributed by atoms with Crippen molar-refractivity contribution in [3.05, 3.63) is 66.5 Å². The fourth-order valence-electron chi connectivity index (χ4n) is 4.91. The second-order valence-corrected chi connectivity index (χ2v) is 7.77. The van der Waals surface area contributed by atoms with Crippen LogP contribution in [0.25, 0.3) is 21.9 Å². The van der Waals surface area contributed by atoms with Crippen LogP contribution in [0.1, 0.15) is 11.7 Å². The molecule has 1 atom stereocenters. The molecule has 6 nitrogen and oxygen atoms in total. The third kappa shape index (κ3) is 2.45. The minimum atomic E-state index is -0.0985. The first-order chi connectivity index (χ1) is 15.2. The summed E-state index contributed by atoms with van der Waals surface area (Å²) in [5.41, 5.74) is 4.50. The van der Waals surface area contributed by atoms with Gasteiger partial charge >= 0.3 is 0 Å². The lowest BCUT2D eigenvalue weighted by molar-refractivity contribution is 0.174. The van der Waals surface area contributed by atoms with E-state index >= 15 is 0 Å². The number of benzene rings is 3. The van der Waals surface area contributed by atoms with Crippen LogP contribution in [0.3, 0.4) is 0 Å². The smallest absolute Gasteiger partial charge is 0.231 e. The van der Waals surface area contributed by atoms with Crippen molar-refractivity contribution in [3.63, 3.8) is 0 Å². The van der Waals surface area contributed by atoms with Gasteiger partial charge in [0.05, 0.1) is 19.9 Å². The molecule has 6 heteroatoms. The fraction of sp³-hybridized carbons (Fsp3) is 0.200. The van der Waals surface area contributed by atoms with E-state index in [-0.39, 0.29) is 13.0 Å². The molecule has 3 aromatic carbocycles. The Hall–Kier alpha value is -3.80. The summed E-state index contributed by atoms with van der Waals surface area (Å²) in [6, 6.07) is 16.6. The van der Waals surface area contributed by atoms with Crippen LogP contribution in [0.5, 0.6) is 23.0 Å². The second-order valence-electron chi connectivity index (χ2n) is 7.77. The Morgan fingerprint density at radius 2 is 1.65 bits per heavy atom. The van der Waals surface area contributed by atoms with Gasteiger partial charge in [-0.1, -0.05) is 12.1 Å². The standard InChI is InChI=1S/C25H22N2O4/c1-26-23-17(7-6-15-12-20-21(13-18(15)23)31-14-30-20)16-8-9-19(28-2)24(29-3)22(16)25(26)27-10-4-5-11-27/h4-13,25H,14H2,1-3H3. The summed E-state index contributed by atoms with van der Waals surface area (Å²) < 4.78 is 25.0. The van der Waals surface area contributed by atoms with Crippen molar-refractivity contribution in [2.75, 3.05) is 33.0 Å². The van der Waals surface area contributed by atoms with Gasteiger partial charge in [-0.3, -0.25) is 0 Å². The summed E-state index contributed by atoms with van der Waals surface area (Å²) in [5.74, 6) is 3.05. The molecular formula is C25H22N2O4. The number of ether oxygens (including phenoxy) is 4. The lowest BCUT2D eigenvalue weighted by atomic mass is 9.88. The van der Waals surface area contributed by atoms with E-state index in [1.54, 1.807) is 14.2 Å². The number of hydrogen-bond acceptors (Lipinski definition) is 5. The molecule has 3 heterocycles. The molecule has 31 heavy (non-hydrogen) atoms. The molecule has 6 rings (SSSR count). The molecule has 4 aromatic rings. The van der Waals surface area contributed by atoms with Gasteiger partial charge in [0.15, 0.2) is 23.0 Å². The number of methoxy groups -OCH3 is 2. The van der Waals surface area contributed by atoms with E-state index in [1.165, 1.54) is 0 Å². The molecule has 1 unspecified atom stereocenters. The number of nitrogens with zero attached hydrogens (tertiary/aromatic N) is 2. The lowest BCUT2D eigenvalue weighted by Crippen LogP contribution is -2.33. The fourth-order valence-corrected chi connectivity index (χ4v) is 4.91. The molecule has 2 aliphatic heterocycles. The zero-order valence-corrected chi connectivity index (χ0v) is 17.6. The highest BCUT2D eigenvalue weighted by Crippen LogP contribution is 2.53. The van der Waals surface area contributed by atoms with E-state index < -0.39 is 0 Å². The predicted octanol–water partition coefficient (Wildman–Crippen LogP) is 5.05. The lowest BCUT2D eigenvalue weighted by Gasteiger charge is -2.40. The van der Waals surface area contributed by atoms with Gasteiger partial charge in [0.25, 0.3) is 0 Å². The van der Waals surface area contributed by atoms with Gasteiger partial charge in [0, 0.05) is 36.0 Å². The van der Waals surface area contributed by atoms with E-state index in [9.17, 15) is 0 Å². The van der Waals surface area contributed by atoms with E-state index in [0.717, 1.165) is 56.1 Å². The molecule has 0 spiro atoms. The average Bonchev–Trinajstić information content (AvgIpc) is 3.48. The Morgan fingerprint density at radius 1 is 0.903 bits per heavy atom. The monoisotopic (exact) mass is 414 g/mol. The zero-order valence-electron chi connectivity index (χ0n) is 17.6. The largest absolute Gasteiger partial charge is 0.493 e. The maximum Gasteiger partial charge on any atom is 0.231 e. The summed E-state index contributed by atoms with van der Waals surface area (Å²) in [4.78, 5) is 2.30. The van der Waals surface area contributed by atoms with Crippen molar-refractivity contribution in [2.45, 2.75) is 6.17 Å². The molecule has 0 fully saturated rings. The van der Waals surface area contributed by atoms with Crippen LogP contribution >= 0.6 is 0 Å². The highest BCUT2D eigenvalue weighted by Gasteiger charge is 2.35. The van der Waals surface area contributed by atoms with Crippen LogP contribution in [-0.2, 0) is 0 Å². The first kappa shape index (κ1) is 18.0. The Morgan fingerprint density at radius 3 is 2.39 bits per heavy atom. The van der Waals surface area contributed by atoms with Crippen molar-refractivity contribution < 1.29 is 18.9 Å². The van der Waals surface area contributed by atoms with Crippen LogP contribution in [0.4, 0.5) is 5.69 Å². The Bertz CT molecular complexity index is 1310. The SMILES string of the molecule is COc1ccc2c(c1OC)C(n1cccc1)N(C)c1c-2ccc2cc3c(cc12)OCO3. The molecular weight excluding hydrogens is 392 g/mol. The molecule has 156 valence electrons. The van der Waals surface area contributed by atoms with Gasteiger partial charge in [-0.15, -0.1) is 0 Å². The van der Waals surface area contributed by atoms with Gasteiger partial charge in [-0.2, -0.15) is 0 Å². The molecule has 1 aromatic heterocycles. The number of anilines is 1. The highest BCUT2D eigenvalue weighted by atomic mass is 16.7. The second kappa shape index (κ2) is 6.60. The van der Waals surface area contributed by atoms with Gasteiger partial charge in [0.1, 0.15) is 6.17 Å². The molecule has 0 amide bonds. The van der Waals surface area contributed by atoms with Crippen molar-refractivity contribution in [1.29, 1.82) is 0 Å². The molecule has 0 aliphatic carbocycles. The maximum atomic E-state index is 5.87. The Kier molecular flexibility index (Phi) is 3.84. The summed E-state index contributed by atoms with van der Waals surface area (Å²) in [6.07, 6.45) is 4.06. The molecule has 0 saturated heterocycles. The molecule has 2 aliphatic rings. The Labute approximate surface area is 180 Å². The highest BCUT2D eigenvalue weighted by molar-refractivity contribution is 6.05. The van der Waals surface area contributed by atoms with Crippen molar-refractivity contribution in [1.82, 2.24) is 4.57 Å². The van der Waals surface area contributed by atoms with Crippen LogP contribution in [0.2, 0.25) is 0 Å². The van der Waals surface area contributed by atoms with Crippen LogP contribution < -0.4 is 23.8 Å². The molecule has 0 N–H and O–H groups in total.